The van der Waals surface area contributed by atoms with Crippen molar-refractivity contribution in [3.63, 3.8) is 0 Å². The average molecular weight is 583 g/mol. The molecule has 4 rings (SSSR count). The molecule has 3 aromatic carbocycles. The average Bonchev–Trinajstić information content (AvgIpc) is 3.10. The third kappa shape index (κ3) is 13.1. The second kappa shape index (κ2) is 19.5. The second-order valence-electron chi connectivity index (χ2n) is 9.93. The summed E-state index contributed by atoms with van der Waals surface area (Å²) < 4.78 is 0. The summed E-state index contributed by atoms with van der Waals surface area (Å²) in [5.41, 5.74) is 6.85. The van der Waals surface area contributed by atoms with Gasteiger partial charge in [-0.05, 0) is 19.3 Å². The van der Waals surface area contributed by atoms with Crippen LogP contribution in [-0.4, -0.2) is 0 Å². The Labute approximate surface area is 262 Å². The van der Waals surface area contributed by atoms with E-state index in [0.717, 1.165) is 16.7 Å². The Morgan fingerprint density at radius 1 is 0.610 bits per heavy atom. The van der Waals surface area contributed by atoms with Crippen molar-refractivity contribution < 1.29 is 37.0 Å². The van der Waals surface area contributed by atoms with Crippen LogP contribution in [-0.2, 0) is 41.0 Å². The van der Waals surface area contributed by atoms with Crippen LogP contribution in [0.1, 0.15) is 51.3 Å². The van der Waals surface area contributed by atoms with Gasteiger partial charge in [0, 0.05) is 0 Å². The van der Waals surface area contributed by atoms with E-state index in [1.54, 1.807) is 54.6 Å². The molecule has 0 saturated carbocycles. The molecular formula is C37H42O3Ti. The van der Waals surface area contributed by atoms with Gasteiger partial charge in [0.2, 0.25) is 0 Å². The van der Waals surface area contributed by atoms with Gasteiger partial charge < -0.3 is 15.3 Å². The molecule has 0 unspecified atom stereocenters. The first-order valence-corrected chi connectivity index (χ1v) is 13.4. The maximum atomic E-state index is 11.0. The molecule has 0 amide bonds. The number of hydrogen-bond acceptors (Lipinski definition) is 3. The molecule has 41 heavy (non-hydrogen) atoms. The second-order valence-corrected chi connectivity index (χ2v) is 9.93. The van der Waals surface area contributed by atoms with Crippen LogP contribution < -0.4 is 15.3 Å². The summed E-state index contributed by atoms with van der Waals surface area (Å²) in [5.74, 6) is 0.298. The Hall–Kier alpha value is -3.53. The number of allylic oxidation sites excluding steroid dienone is 7. The molecule has 0 fully saturated rings. The van der Waals surface area contributed by atoms with Crippen molar-refractivity contribution >= 4 is 0 Å². The van der Waals surface area contributed by atoms with Crippen molar-refractivity contribution in [2.24, 2.45) is 5.41 Å². The Kier molecular flexibility index (Phi) is 17.9. The Morgan fingerprint density at radius 2 is 0.902 bits per heavy atom. The summed E-state index contributed by atoms with van der Waals surface area (Å²) in [4.78, 5) is 0. The minimum absolute atomic E-state index is 0. The third-order valence-corrected chi connectivity index (χ3v) is 6.57. The van der Waals surface area contributed by atoms with Crippen LogP contribution in [0.4, 0.5) is 0 Å². The zero-order valence-corrected chi connectivity index (χ0v) is 26.7. The van der Waals surface area contributed by atoms with Crippen molar-refractivity contribution in [2.75, 3.05) is 0 Å². The van der Waals surface area contributed by atoms with Crippen LogP contribution >= 0.6 is 0 Å². The minimum Gasteiger partial charge on any atom is -0.872 e. The fraction of sp³-hybridized carbons (Fsp3) is 0.243. The number of rotatable bonds is 6. The third-order valence-electron chi connectivity index (χ3n) is 6.57. The van der Waals surface area contributed by atoms with Gasteiger partial charge in [-0.1, -0.05) is 141 Å². The topological polar surface area (TPSA) is 69.2 Å². The summed E-state index contributed by atoms with van der Waals surface area (Å²) in [7, 11) is 0. The van der Waals surface area contributed by atoms with E-state index < -0.39 is 0 Å². The van der Waals surface area contributed by atoms with Gasteiger partial charge in [0.1, 0.15) is 0 Å². The summed E-state index contributed by atoms with van der Waals surface area (Å²) >= 11 is 0. The van der Waals surface area contributed by atoms with Gasteiger partial charge in [-0.3, -0.25) is 6.08 Å². The van der Waals surface area contributed by atoms with Crippen molar-refractivity contribution in [3.8, 4) is 17.2 Å². The van der Waals surface area contributed by atoms with E-state index in [9.17, 15) is 15.3 Å². The molecule has 0 atom stereocenters. The normalized spacial score (nSPS) is 12.5. The van der Waals surface area contributed by atoms with E-state index >= 15 is 0 Å². The van der Waals surface area contributed by atoms with Crippen molar-refractivity contribution in [1.29, 1.82) is 0 Å². The molecule has 3 aromatic rings. The first kappa shape index (κ1) is 37.5. The van der Waals surface area contributed by atoms with Gasteiger partial charge in [0.25, 0.3) is 0 Å². The van der Waals surface area contributed by atoms with E-state index in [1.807, 2.05) is 36.4 Å². The zero-order chi connectivity index (χ0) is 30.1. The fourth-order valence-corrected chi connectivity index (χ4v) is 3.89. The summed E-state index contributed by atoms with van der Waals surface area (Å²) in [5, 5.41) is 32.9. The van der Waals surface area contributed by atoms with Crippen LogP contribution in [0, 0.1) is 11.5 Å². The van der Waals surface area contributed by atoms with E-state index in [1.165, 1.54) is 16.7 Å². The maximum absolute atomic E-state index is 11.0. The van der Waals surface area contributed by atoms with Gasteiger partial charge in [0.15, 0.2) is 0 Å². The van der Waals surface area contributed by atoms with E-state index in [4.69, 9.17) is 0 Å². The summed E-state index contributed by atoms with van der Waals surface area (Å²) in [6, 6.07) is 21.0. The maximum Gasteiger partial charge on any atom is 4.00 e. The molecule has 0 saturated heterocycles. The van der Waals surface area contributed by atoms with Crippen LogP contribution in [0.25, 0.3) is 0 Å². The van der Waals surface area contributed by atoms with Gasteiger partial charge in [-0.25, -0.2) is 5.57 Å². The van der Waals surface area contributed by atoms with E-state index in [-0.39, 0.29) is 44.4 Å². The van der Waals surface area contributed by atoms with Crippen LogP contribution in [0.2, 0.25) is 0 Å². The standard InChI is InChI=1S/C10H15.3C9H10O.Ti/c1-7-6-10(4,5)9(3)8(7)2;3*1-2-5-8-6-3-4-7-9(8)10;/h1-5H3;3*2-4,6-7,10H,1,5H2;/q-1;;;;+4/p-3. The number of hydrogen-bond donors (Lipinski definition) is 0. The minimum atomic E-state index is 0. The largest absolute Gasteiger partial charge is 4.00 e. The predicted octanol–water partition coefficient (Wildman–Crippen LogP) is 7.58. The monoisotopic (exact) mass is 582 g/mol. The predicted molar refractivity (Wildman–Crippen MR) is 164 cm³/mol. The van der Waals surface area contributed by atoms with Crippen molar-refractivity contribution in [3.05, 3.63) is 150 Å². The van der Waals surface area contributed by atoms with Crippen LogP contribution in [0.3, 0.4) is 0 Å². The van der Waals surface area contributed by atoms with Gasteiger partial charge >= 0.3 is 21.7 Å². The Bertz CT molecular complexity index is 1190. The molecule has 4 heteroatoms. The van der Waals surface area contributed by atoms with Gasteiger partial charge in [-0.15, -0.1) is 43.9 Å². The first-order chi connectivity index (χ1) is 19.0. The van der Waals surface area contributed by atoms with E-state index in [0.29, 0.717) is 19.3 Å². The molecule has 0 N–H and O–H groups in total. The molecule has 0 heterocycles. The van der Waals surface area contributed by atoms with Gasteiger partial charge in [0.05, 0.1) is 0 Å². The van der Waals surface area contributed by atoms with Crippen LogP contribution in [0.5, 0.6) is 17.2 Å². The zero-order valence-electron chi connectivity index (χ0n) is 25.1. The Morgan fingerprint density at radius 3 is 1.07 bits per heavy atom. The van der Waals surface area contributed by atoms with Crippen LogP contribution in [0.15, 0.2) is 127 Å². The number of para-hydroxylation sites is 3. The van der Waals surface area contributed by atoms with E-state index in [2.05, 4.69) is 60.4 Å². The van der Waals surface area contributed by atoms with Crippen molar-refractivity contribution in [1.82, 2.24) is 0 Å². The molecule has 0 spiro atoms. The molecule has 1 aliphatic rings. The molecule has 0 aromatic heterocycles. The van der Waals surface area contributed by atoms with Crippen molar-refractivity contribution in [2.45, 2.75) is 53.9 Å². The molecular weight excluding hydrogens is 540 g/mol. The molecule has 0 radical (unpaired) electrons. The first-order valence-electron chi connectivity index (χ1n) is 13.4. The quantitative estimate of drug-likeness (QED) is 0.171. The molecule has 212 valence electrons. The SMILES string of the molecule is C=CCc1ccccc1[O-].C=CCc1ccccc1[O-].C=CCc1ccccc1[O-].CC1=[C-]C(C)(C)C(C)=C1C.[Ti+4]. The fourth-order valence-electron chi connectivity index (χ4n) is 3.89. The smallest absolute Gasteiger partial charge is 0.872 e. The summed E-state index contributed by atoms with van der Waals surface area (Å²) in [6.07, 6.45) is 10.6. The van der Waals surface area contributed by atoms with Gasteiger partial charge in [-0.2, -0.15) is 11.1 Å². The molecule has 0 bridgehead atoms. The molecule has 1 aliphatic carbocycles. The summed E-state index contributed by atoms with van der Waals surface area (Å²) in [6.45, 7) is 21.6. The number of benzene rings is 3. The molecule has 3 nitrogen and oxygen atoms in total. The Balaban J connectivity index is 0.000000516. The molecule has 0 aliphatic heterocycles.